The molecule has 1 amide bonds. The number of nitriles is 1. The Morgan fingerprint density at radius 1 is 1.44 bits per heavy atom. The van der Waals surface area contributed by atoms with Gasteiger partial charge in [0.15, 0.2) is 0 Å². The Bertz CT molecular complexity index is 274. The third kappa shape index (κ3) is 3.23. The first-order valence-corrected chi connectivity index (χ1v) is 6.20. The van der Waals surface area contributed by atoms with E-state index in [1.54, 1.807) is 4.90 Å². The number of carbonyl (C=O) groups is 1. The Kier molecular flexibility index (Phi) is 4.79. The van der Waals surface area contributed by atoms with Crippen LogP contribution >= 0.6 is 0 Å². The van der Waals surface area contributed by atoms with Crippen molar-refractivity contribution in [3.8, 4) is 6.07 Å². The van der Waals surface area contributed by atoms with Crippen molar-refractivity contribution in [1.29, 1.82) is 5.26 Å². The Balaban J connectivity index is 2.49. The van der Waals surface area contributed by atoms with Gasteiger partial charge in [-0.3, -0.25) is 4.79 Å². The van der Waals surface area contributed by atoms with Gasteiger partial charge in [-0.05, 0) is 24.7 Å². The Labute approximate surface area is 98.4 Å². The van der Waals surface area contributed by atoms with Crippen LogP contribution < -0.4 is 0 Å². The van der Waals surface area contributed by atoms with Crippen LogP contribution in [0.3, 0.4) is 0 Å². The van der Waals surface area contributed by atoms with E-state index in [0.717, 1.165) is 6.54 Å². The van der Waals surface area contributed by atoms with Gasteiger partial charge in [0.05, 0.1) is 6.07 Å². The smallest absolute Gasteiger partial charge is 0.239 e. The van der Waals surface area contributed by atoms with E-state index in [-0.39, 0.29) is 11.8 Å². The fourth-order valence-corrected chi connectivity index (χ4v) is 2.40. The van der Waals surface area contributed by atoms with E-state index >= 15 is 0 Å². The molecule has 16 heavy (non-hydrogen) atoms. The molecule has 90 valence electrons. The van der Waals surface area contributed by atoms with Crippen molar-refractivity contribution in [3.63, 3.8) is 0 Å². The van der Waals surface area contributed by atoms with Crippen LogP contribution in [0, 0.1) is 29.1 Å². The zero-order valence-electron chi connectivity index (χ0n) is 10.6. The number of hydrogen-bond acceptors (Lipinski definition) is 2. The molecule has 1 atom stereocenters. The minimum absolute atomic E-state index is 0.00981. The van der Waals surface area contributed by atoms with Crippen molar-refractivity contribution in [1.82, 2.24) is 4.90 Å². The van der Waals surface area contributed by atoms with Crippen molar-refractivity contribution in [2.24, 2.45) is 17.8 Å². The zero-order valence-corrected chi connectivity index (χ0v) is 10.6. The molecule has 0 heterocycles. The molecule has 3 heteroatoms. The fraction of sp³-hybridized carbons (Fsp3) is 0.846. The van der Waals surface area contributed by atoms with Crippen molar-refractivity contribution in [2.45, 2.75) is 39.5 Å². The molecular formula is C13H22N2O. The van der Waals surface area contributed by atoms with Gasteiger partial charge in [-0.2, -0.15) is 5.26 Å². The second kappa shape index (κ2) is 5.89. The maximum Gasteiger partial charge on any atom is 0.239 e. The highest BCUT2D eigenvalue weighted by atomic mass is 16.2. The van der Waals surface area contributed by atoms with E-state index in [0.29, 0.717) is 5.92 Å². The topological polar surface area (TPSA) is 44.1 Å². The summed E-state index contributed by atoms with van der Waals surface area (Å²) >= 11 is 0. The summed E-state index contributed by atoms with van der Waals surface area (Å²) in [5.41, 5.74) is 0. The normalized spacial score (nSPS) is 18.4. The predicted octanol–water partition coefficient (Wildman–Crippen LogP) is 2.43. The number of nitrogens with zero attached hydrogens (tertiary/aromatic N) is 2. The molecule has 1 aliphatic carbocycles. The van der Waals surface area contributed by atoms with Crippen LogP contribution in [0.5, 0.6) is 0 Å². The summed E-state index contributed by atoms with van der Waals surface area (Å²) in [7, 11) is 1.83. The summed E-state index contributed by atoms with van der Waals surface area (Å²) in [6, 6.07) is 2.12. The van der Waals surface area contributed by atoms with Crippen LogP contribution in [0.2, 0.25) is 0 Å². The van der Waals surface area contributed by atoms with E-state index in [1.807, 2.05) is 20.9 Å². The maximum atomic E-state index is 12.0. The first-order valence-electron chi connectivity index (χ1n) is 6.20. The van der Waals surface area contributed by atoms with Crippen LogP contribution in [0.25, 0.3) is 0 Å². The van der Waals surface area contributed by atoms with E-state index in [4.69, 9.17) is 5.26 Å². The standard InChI is InChI=1S/C13H22N2O/c1-10(2)12(8-14)13(16)15(3)9-11-6-4-5-7-11/h10-12H,4-7,9H2,1-3H3. The summed E-state index contributed by atoms with van der Waals surface area (Å²) in [5, 5.41) is 8.98. The summed E-state index contributed by atoms with van der Waals surface area (Å²) in [5.74, 6) is 0.264. The van der Waals surface area contributed by atoms with Gasteiger partial charge in [0, 0.05) is 13.6 Å². The fourth-order valence-electron chi connectivity index (χ4n) is 2.40. The molecular weight excluding hydrogens is 200 g/mol. The van der Waals surface area contributed by atoms with Crippen LogP contribution in [0.15, 0.2) is 0 Å². The van der Waals surface area contributed by atoms with Crippen LogP contribution in [0.4, 0.5) is 0 Å². The average Bonchev–Trinajstić information content (AvgIpc) is 2.70. The highest BCUT2D eigenvalue weighted by molar-refractivity contribution is 5.81. The van der Waals surface area contributed by atoms with E-state index in [9.17, 15) is 4.79 Å². The SMILES string of the molecule is CC(C)C(C#N)C(=O)N(C)CC1CCCC1. The van der Waals surface area contributed by atoms with Crippen LogP contribution in [-0.4, -0.2) is 24.4 Å². The molecule has 0 bridgehead atoms. The van der Waals surface area contributed by atoms with Gasteiger partial charge in [0.2, 0.25) is 5.91 Å². The molecule has 0 spiro atoms. The van der Waals surface area contributed by atoms with Crippen molar-refractivity contribution >= 4 is 5.91 Å². The second-order valence-electron chi connectivity index (χ2n) is 5.22. The van der Waals surface area contributed by atoms with Gasteiger partial charge in [-0.25, -0.2) is 0 Å². The second-order valence-corrected chi connectivity index (χ2v) is 5.22. The first-order chi connectivity index (χ1) is 7.56. The molecule has 1 fully saturated rings. The van der Waals surface area contributed by atoms with Gasteiger partial charge >= 0.3 is 0 Å². The van der Waals surface area contributed by atoms with Crippen LogP contribution in [-0.2, 0) is 4.79 Å². The summed E-state index contributed by atoms with van der Waals surface area (Å²) in [4.78, 5) is 13.8. The van der Waals surface area contributed by atoms with Crippen molar-refractivity contribution in [3.05, 3.63) is 0 Å². The lowest BCUT2D eigenvalue weighted by atomic mass is 9.95. The minimum atomic E-state index is -0.480. The third-order valence-electron chi connectivity index (χ3n) is 3.45. The number of hydrogen-bond donors (Lipinski definition) is 0. The van der Waals surface area contributed by atoms with Gasteiger partial charge in [0.25, 0.3) is 0 Å². The molecule has 0 aromatic rings. The molecule has 0 aromatic carbocycles. The van der Waals surface area contributed by atoms with E-state index in [2.05, 4.69) is 6.07 Å². The number of amides is 1. The molecule has 1 unspecified atom stereocenters. The Morgan fingerprint density at radius 3 is 2.44 bits per heavy atom. The molecule has 0 saturated heterocycles. The lowest BCUT2D eigenvalue weighted by molar-refractivity contribution is -0.134. The van der Waals surface area contributed by atoms with Gasteiger partial charge in [0.1, 0.15) is 5.92 Å². The summed E-state index contributed by atoms with van der Waals surface area (Å²) in [6.45, 7) is 4.67. The molecule has 0 aromatic heterocycles. The summed E-state index contributed by atoms with van der Waals surface area (Å²) in [6.07, 6.45) is 5.05. The summed E-state index contributed by atoms with van der Waals surface area (Å²) < 4.78 is 0. The maximum absolute atomic E-state index is 12.0. The lowest BCUT2D eigenvalue weighted by Crippen LogP contribution is -2.37. The van der Waals surface area contributed by atoms with Crippen molar-refractivity contribution < 1.29 is 4.79 Å². The molecule has 0 aliphatic heterocycles. The van der Waals surface area contributed by atoms with Crippen LogP contribution in [0.1, 0.15) is 39.5 Å². The Hall–Kier alpha value is -1.04. The first kappa shape index (κ1) is 13.0. The van der Waals surface area contributed by atoms with Gasteiger partial charge in [-0.1, -0.05) is 26.7 Å². The van der Waals surface area contributed by atoms with Crippen molar-refractivity contribution in [2.75, 3.05) is 13.6 Å². The molecule has 0 N–H and O–H groups in total. The highest BCUT2D eigenvalue weighted by Crippen LogP contribution is 2.25. The number of rotatable bonds is 4. The number of carbonyl (C=O) groups excluding carboxylic acids is 1. The van der Waals surface area contributed by atoms with Gasteiger partial charge < -0.3 is 4.90 Å². The molecule has 1 rings (SSSR count). The quantitative estimate of drug-likeness (QED) is 0.733. The monoisotopic (exact) mass is 222 g/mol. The highest BCUT2D eigenvalue weighted by Gasteiger charge is 2.27. The van der Waals surface area contributed by atoms with E-state index in [1.165, 1.54) is 25.7 Å². The molecule has 1 saturated carbocycles. The predicted molar refractivity (Wildman–Crippen MR) is 63.5 cm³/mol. The molecule has 3 nitrogen and oxygen atoms in total. The zero-order chi connectivity index (χ0) is 12.1. The van der Waals surface area contributed by atoms with Gasteiger partial charge in [-0.15, -0.1) is 0 Å². The minimum Gasteiger partial charge on any atom is -0.344 e. The lowest BCUT2D eigenvalue weighted by Gasteiger charge is -2.24. The Morgan fingerprint density at radius 2 is 2.00 bits per heavy atom. The average molecular weight is 222 g/mol. The molecule has 0 radical (unpaired) electrons. The third-order valence-corrected chi connectivity index (χ3v) is 3.45. The largest absolute Gasteiger partial charge is 0.344 e. The van der Waals surface area contributed by atoms with E-state index < -0.39 is 5.92 Å². The molecule has 1 aliphatic rings.